The lowest BCUT2D eigenvalue weighted by molar-refractivity contribution is 1.16. The van der Waals surface area contributed by atoms with Gasteiger partial charge >= 0.3 is 0 Å². The fourth-order valence-corrected chi connectivity index (χ4v) is 1.95. The molecule has 0 aromatic carbocycles. The molecule has 0 aliphatic rings. The van der Waals surface area contributed by atoms with E-state index in [0.717, 1.165) is 6.42 Å². The first kappa shape index (κ1) is 10.4. The zero-order chi connectivity index (χ0) is 7.98. The van der Waals surface area contributed by atoms with Crippen molar-refractivity contribution in [3.8, 4) is 0 Å². The van der Waals surface area contributed by atoms with Gasteiger partial charge in [0, 0.05) is 5.25 Å². The third-order valence-corrected chi connectivity index (χ3v) is 2.32. The van der Waals surface area contributed by atoms with Gasteiger partial charge < -0.3 is 0 Å². The van der Waals surface area contributed by atoms with Crippen LogP contribution >= 0.6 is 23.4 Å². The van der Waals surface area contributed by atoms with Crippen molar-refractivity contribution in [1.82, 2.24) is 0 Å². The molecule has 60 valence electrons. The molecule has 10 heavy (non-hydrogen) atoms. The quantitative estimate of drug-likeness (QED) is 0.468. The van der Waals surface area contributed by atoms with Crippen LogP contribution in [0.1, 0.15) is 27.2 Å². The largest absolute Gasteiger partial charge is 0.135 e. The van der Waals surface area contributed by atoms with Crippen LogP contribution in [0.15, 0.2) is 12.2 Å². The van der Waals surface area contributed by atoms with Crippen LogP contribution in [0.25, 0.3) is 0 Å². The van der Waals surface area contributed by atoms with Gasteiger partial charge in [-0.15, -0.1) is 23.4 Å². The lowest BCUT2D eigenvalue weighted by Gasteiger charge is -2.06. The minimum atomic E-state index is 0.219. The molecule has 0 spiro atoms. The first-order chi connectivity index (χ1) is 4.66. The van der Waals surface area contributed by atoms with Gasteiger partial charge in [-0.05, 0) is 20.3 Å². The van der Waals surface area contributed by atoms with Crippen LogP contribution in [0, 0.1) is 0 Å². The Labute approximate surface area is 73.0 Å². The van der Waals surface area contributed by atoms with E-state index in [4.69, 9.17) is 11.6 Å². The SMILES string of the molecule is CC/C=C\C(C)SC(C)Cl. The Morgan fingerprint density at radius 3 is 2.50 bits per heavy atom. The second-order valence-corrected chi connectivity index (χ2v) is 4.86. The first-order valence-electron chi connectivity index (χ1n) is 3.63. The Morgan fingerprint density at radius 2 is 2.10 bits per heavy atom. The molecule has 2 heteroatoms. The summed E-state index contributed by atoms with van der Waals surface area (Å²) in [4.78, 5) is 0. The summed E-state index contributed by atoms with van der Waals surface area (Å²) < 4.78 is 0.219. The van der Waals surface area contributed by atoms with Gasteiger partial charge in [-0.2, -0.15) is 0 Å². The van der Waals surface area contributed by atoms with Crippen molar-refractivity contribution in [1.29, 1.82) is 0 Å². The molecule has 0 nitrogen and oxygen atoms in total. The number of hydrogen-bond donors (Lipinski definition) is 0. The maximum atomic E-state index is 5.78. The Kier molecular flexibility index (Phi) is 6.35. The van der Waals surface area contributed by atoms with Crippen molar-refractivity contribution in [2.24, 2.45) is 0 Å². The zero-order valence-electron chi connectivity index (χ0n) is 6.80. The van der Waals surface area contributed by atoms with Gasteiger partial charge in [0.25, 0.3) is 0 Å². The molecule has 0 saturated heterocycles. The van der Waals surface area contributed by atoms with Crippen LogP contribution < -0.4 is 0 Å². The van der Waals surface area contributed by atoms with Crippen molar-refractivity contribution in [2.75, 3.05) is 0 Å². The molecule has 0 amide bonds. The number of allylic oxidation sites excluding steroid dienone is 1. The normalized spacial score (nSPS) is 17.6. The summed E-state index contributed by atoms with van der Waals surface area (Å²) in [7, 11) is 0. The monoisotopic (exact) mass is 178 g/mol. The van der Waals surface area contributed by atoms with Gasteiger partial charge in [0.15, 0.2) is 0 Å². The second kappa shape index (κ2) is 6.11. The highest BCUT2D eigenvalue weighted by atomic mass is 35.5. The van der Waals surface area contributed by atoms with Gasteiger partial charge in [0.2, 0.25) is 0 Å². The van der Waals surface area contributed by atoms with E-state index in [1.807, 2.05) is 6.92 Å². The van der Waals surface area contributed by atoms with Crippen LogP contribution in [-0.2, 0) is 0 Å². The third-order valence-electron chi connectivity index (χ3n) is 1.04. The Bertz CT molecular complexity index is 99.4. The van der Waals surface area contributed by atoms with Gasteiger partial charge in [-0.3, -0.25) is 0 Å². The number of halogens is 1. The summed E-state index contributed by atoms with van der Waals surface area (Å²) in [5.41, 5.74) is 0. The molecule has 0 saturated carbocycles. The summed E-state index contributed by atoms with van der Waals surface area (Å²) in [5, 5.41) is 0.549. The van der Waals surface area contributed by atoms with E-state index in [2.05, 4.69) is 26.0 Å². The number of thioether (sulfide) groups is 1. The average molecular weight is 179 g/mol. The van der Waals surface area contributed by atoms with Gasteiger partial charge in [0.1, 0.15) is 0 Å². The van der Waals surface area contributed by atoms with E-state index >= 15 is 0 Å². The number of rotatable bonds is 4. The predicted octanol–water partition coefficient (Wildman–Crippen LogP) is 3.66. The van der Waals surface area contributed by atoms with Crippen molar-refractivity contribution >= 4 is 23.4 Å². The summed E-state index contributed by atoms with van der Waals surface area (Å²) >= 11 is 7.55. The molecule has 0 heterocycles. The third kappa shape index (κ3) is 6.50. The highest BCUT2D eigenvalue weighted by Crippen LogP contribution is 2.20. The predicted molar refractivity (Wildman–Crippen MR) is 51.8 cm³/mol. The highest BCUT2D eigenvalue weighted by Gasteiger charge is 2.01. The van der Waals surface area contributed by atoms with E-state index in [9.17, 15) is 0 Å². The van der Waals surface area contributed by atoms with Gasteiger partial charge in [-0.1, -0.05) is 19.1 Å². The summed E-state index contributed by atoms with van der Waals surface area (Å²) in [6.45, 7) is 6.30. The number of hydrogen-bond acceptors (Lipinski definition) is 1. The molecular formula is C8H15ClS. The molecule has 0 rings (SSSR count). The average Bonchev–Trinajstić information content (AvgIpc) is 1.82. The zero-order valence-corrected chi connectivity index (χ0v) is 8.38. The molecule has 2 unspecified atom stereocenters. The summed E-state index contributed by atoms with van der Waals surface area (Å²) in [6, 6.07) is 0. The lowest BCUT2D eigenvalue weighted by Crippen LogP contribution is -1.94. The van der Waals surface area contributed by atoms with Crippen LogP contribution in [0.4, 0.5) is 0 Å². The van der Waals surface area contributed by atoms with E-state index < -0.39 is 0 Å². The standard InChI is InChI=1S/C8H15ClS/c1-4-5-6-7(2)10-8(3)9/h5-8H,4H2,1-3H3/b6-5-. The molecule has 0 aliphatic heterocycles. The molecule has 2 atom stereocenters. The van der Waals surface area contributed by atoms with Crippen molar-refractivity contribution < 1.29 is 0 Å². The van der Waals surface area contributed by atoms with E-state index in [0.29, 0.717) is 5.25 Å². The highest BCUT2D eigenvalue weighted by molar-refractivity contribution is 8.01. The molecule has 0 aromatic heterocycles. The smallest absolute Gasteiger partial charge is 0.0766 e. The van der Waals surface area contributed by atoms with E-state index in [-0.39, 0.29) is 4.71 Å². The topological polar surface area (TPSA) is 0 Å². The van der Waals surface area contributed by atoms with Crippen LogP contribution in [-0.4, -0.2) is 9.96 Å². The lowest BCUT2D eigenvalue weighted by atomic mass is 10.3. The first-order valence-corrected chi connectivity index (χ1v) is 5.01. The Morgan fingerprint density at radius 1 is 1.50 bits per heavy atom. The van der Waals surface area contributed by atoms with Crippen molar-refractivity contribution in [3.05, 3.63) is 12.2 Å². The number of alkyl halides is 1. The Balaban J connectivity index is 3.42. The minimum Gasteiger partial charge on any atom is -0.135 e. The van der Waals surface area contributed by atoms with Crippen molar-refractivity contribution in [2.45, 2.75) is 37.2 Å². The fourth-order valence-electron chi connectivity index (χ4n) is 0.669. The van der Waals surface area contributed by atoms with E-state index in [1.54, 1.807) is 11.8 Å². The minimum absolute atomic E-state index is 0.219. The molecule has 0 radical (unpaired) electrons. The second-order valence-electron chi connectivity index (χ2n) is 2.22. The van der Waals surface area contributed by atoms with E-state index in [1.165, 1.54) is 0 Å². The van der Waals surface area contributed by atoms with Crippen molar-refractivity contribution in [3.63, 3.8) is 0 Å². The molecule has 0 bridgehead atoms. The summed E-state index contributed by atoms with van der Waals surface area (Å²) in [6.07, 6.45) is 5.49. The molecule has 0 N–H and O–H groups in total. The molecule has 0 aromatic rings. The maximum Gasteiger partial charge on any atom is 0.0766 e. The molecule has 0 fully saturated rings. The molecular weight excluding hydrogens is 164 g/mol. The molecule has 0 aliphatic carbocycles. The Hall–Kier alpha value is 0.380. The van der Waals surface area contributed by atoms with Crippen LogP contribution in [0.3, 0.4) is 0 Å². The van der Waals surface area contributed by atoms with Crippen LogP contribution in [0.2, 0.25) is 0 Å². The maximum absolute atomic E-state index is 5.78. The summed E-state index contributed by atoms with van der Waals surface area (Å²) in [5.74, 6) is 0. The fraction of sp³-hybridized carbons (Fsp3) is 0.750. The van der Waals surface area contributed by atoms with Crippen LogP contribution in [0.5, 0.6) is 0 Å². The van der Waals surface area contributed by atoms with Gasteiger partial charge in [-0.25, -0.2) is 0 Å². The van der Waals surface area contributed by atoms with Gasteiger partial charge in [0.05, 0.1) is 4.71 Å².